The SMILES string of the molecule is CCCC[C@@H]1C=C(C(=O)OC)CC[C@H]1N. The van der Waals surface area contributed by atoms with Crippen molar-refractivity contribution in [2.75, 3.05) is 7.11 Å². The van der Waals surface area contributed by atoms with E-state index in [1.54, 1.807) is 0 Å². The quantitative estimate of drug-likeness (QED) is 0.724. The number of carbonyl (C=O) groups excluding carboxylic acids is 1. The van der Waals surface area contributed by atoms with Crippen molar-refractivity contribution < 1.29 is 9.53 Å². The van der Waals surface area contributed by atoms with Crippen LogP contribution in [0.4, 0.5) is 0 Å². The number of esters is 1. The Bertz CT molecular complexity index is 248. The number of nitrogens with two attached hydrogens (primary N) is 1. The predicted molar refractivity (Wildman–Crippen MR) is 60.3 cm³/mol. The molecule has 1 aliphatic rings. The first-order valence-corrected chi connectivity index (χ1v) is 5.73. The van der Waals surface area contributed by atoms with Crippen molar-refractivity contribution in [2.24, 2.45) is 11.7 Å². The summed E-state index contributed by atoms with van der Waals surface area (Å²) in [5, 5.41) is 0. The zero-order valence-corrected chi connectivity index (χ0v) is 9.66. The summed E-state index contributed by atoms with van der Waals surface area (Å²) < 4.78 is 4.73. The largest absolute Gasteiger partial charge is 0.466 e. The van der Waals surface area contributed by atoms with Crippen LogP contribution in [0.2, 0.25) is 0 Å². The molecule has 1 rings (SSSR count). The average Bonchev–Trinajstić information content (AvgIpc) is 2.27. The molecule has 0 aliphatic heterocycles. The van der Waals surface area contributed by atoms with Gasteiger partial charge in [-0.3, -0.25) is 0 Å². The molecule has 2 N–H and O–H groups in total. The lowest BCUT2D eigenvalue weighted by molar-refractivity contribution is -0.136. The van der Waals surface area contributed by atoms with Crippen LogP contribution in [-0.2, 0) is 9.53 Å². The van der Waals surface area contributed by atoms with Gasteiger partial charge in [-0.15, -0.1) is 0 Å². The molecule has 86 valence electrons. The highest BCUT2D eigenvalue weighted by Crippen LogP contribution is 2.26. The fourth-order valence-electron chi connectivity index (χ4n) is 2.04. The van der Waals surface area contributed by atoms with Gasteiger partial charge in [-0.05, 0) is 25.2 Å². The number of hydrogen-bond donors (Lipinski definition) is 1. The van der Waals surface area contributed by atoms with Gasteiger partial charge in [-0.2, -0.15) is 0 Å². The summed E-state index contributed by atoms with van der Waals surface area (Å²) in [5.74, 6) is 0.163. The van der Waals surface area contributed by atoms with Crippen molar-refractivity contribution in [3.8, 4) is 0 Å². The van der Waals surface area contributed by atoms with Gasteiger partial charge in [0.25, 0.3) is 0 Å². The second kappa shape index (κ2) is 5.91. The third-order valence-corrected chi connectivity index (χ3v) is 3.05. The zero-order valence-electron chi connectivity index (χ0n) is 9.66. The van der Waals surface area contributed by atoms with Crippen LogP contribution in [0.5, 0.6) is 0 Å². The van der Waals surface area contributed by atoms with E-state index >= 15 is 0 Å². The van der Waals surface area contributed by atoms with Crippen LogP contribution in [0.1, 0.15) is 39.0 Å². The molecule has 1 aliphatic carbocycles. The fourth-order valence-corrected chi connectivity index (χ4v) is 2.04. The Labute approximate surface area is 91.7 Å². The monoisotopic (exact) mass is 211 g/mol. The molecule has 0 aromatic rings. The normalized spacial score (nSPS) is 25.9. The third-order valence-electron chi connectivity index (χ3n) is 3.05. The molecular weight excluding hydrogens is 190 g/mol. The second-order valence-corrected chi connectivity index (χ2v) is 4.19. The van der Waals surface area contributed by atoms with Crippen LogP contribution in [0, 0.1) is 5.92 Å². The Morgan fingerprint density at radius 3 is 3.00 bits per heavy atom. The highest BCUT2D eigenvalue weighted by molar-refractivity contribution is 5.88. The second-order valence-electron chi connectivity index (χ2n) is 4.19. The summed E-state index contributed by atoms with van der Waals surface area (Å²) >= 11 is 0. The summed E-state index contributed by atoms with van der Waals surface area (Å²) in [6.07, 6.45) is 7.10. The van der Waals surface area contributed by atoms with Gasteiger partial charge in [-0.1, -0.05) is 25.8 Å². The van der Waals surface area contributed by atoms with Gasteiger partial charge in [0.15, 0.2) is 0 Å². The molecule has 2 atom stereocenters. The van der Waals surface area contributed by atoms with Gasteiger partial charge in [0.1, 0.15) is 0 Å². The first-order valence-electron chi connectivity index (χ1n) is 5.73. The Morgan fingerprint density at radius 1 is 1.67 bits per heavy atom. The first-order chi connectivity index (χ1) is 7.19. The number of hydrogen-bond acceptors (Lipinski definition) is 3. The molecular formula is C12H21NO2. The molecule has 0 bridgehead atoms. The van der Waals surface area contributed by atoms with E-state index in [0.717, 1.165) is 24.8 Å². The van der Waals surface area contributed by atoms with E-state index in [-0.39, 0.29) is 12.0 Å². The third kappa shape index (κ3) is 3.34. The van der Waals surface area contributed by atoms with E-state index in [2.05, 4.69) is 6.92 Å². The predicted octanol–water partition coefficient (Wildman–Crippen LogP) is 2.01. The minimum absolute atomic E-state index is 0.191. The average molecular weight is 211 g/mol. The Hall–Kier alpha value is -0.830. The van der Waals surface area contributed by atoms with Gasteiger partial charge in [0.2, 0.25) is 0 Å². The first kappa shape index (κ1) is 12.2. The molecule has 0 saturated heterocycles. The van der Waals surface area contributed by atoms with Crippen molar-refractivity contribution in [3.05, 3.63) is 11.6 Å². The lowest BCUT2D eigenvalue weighted by Gasteiger charge is -2.26. The van der Waals surface area contributed by atoms with E-state index in [0.29, 0.717) is 5.92 Å². The number of ether oxygens (including phenoxy) is 1. The minimum Gasteiger partial charge on any atom is -0.466 e. The number of carbonyl (C=O) groups is 1. The highest BCUT2D eigenvalue weighted by Gasteiger charge is 2.24. The Kier molecular flexibility index (Phi) is 4.82. The topological polar surface area (TPSA) is 52.3 Å². The van der Waals surface area contributed by atoms with E-state index < -0.39 is 0 Å². The van der Waals surface area contributed by atoms with Crippen LogP contribution >= 0.6 is 0 Å². The number of methoxy groups -OCH3 is 1. The molecule has 15 heavy (non-hydrogen) atoms. The maximum atomic E-state index is 11.4. The van der Waals surface area contributed by atoms with Crippen molar-refractivity contribution in [1.82, 2.24) is 0 Å². The maximum Gasteiger partial charge on any atom is 0.333 e. The van der Waals surface area contributed by atoms with E-state index in [9.17, 15) is 4.79 Å². The van der Waals surface area contributed by atoms with Gasteiger partial charge >= 0.3 is 5.97 Å². The van der Waals surface area contributed by atoms with Crippen LogP contribution < -0.4 is 5.73 Å². The van der Waals surface area contributed by atoms with E-state index in [1.807, 2.05) is 6.08 Å². The molecule has 0 saturated carbocycles. The van der Waals surface area contributed by atoms with Gasteiger partial charge in [0.05, 0.1) is 7.11 Å². The molecule has 3 nitrogen and oxygen atoms in total. The molecule has 0 fully saturated rings. The highest BCUT2D eigenvalue weighted by atomic mass is 16.5. The van der Waals surface area contributed by atoms with Gasteiger partial charge in [-0.25, -0.2) is 4.79 Å². The smallest absolute Gasteiger partial charge is 0.333 e. The van der Waals surface area contributed by atoms with Crippen molar-refractivity contribution in [2.45, 2.75) is 45.1 Å². The Balaban J connectivity index is 2.62. The lowest BCUT2D eigenvalue weighted by atomic mass is 9.83. The van der Waals surface area contributed by atoms with Crippen molar-refractivity contribution in [1.29, 1.82) is 0 Å². The lowest BCUT2D eigenvalue weighted by Crippen LogP contribution is -2.33. The molecule has 0 aromatic carbocycles. The summed E-state index contributed by atoms with van der Waals surface area (Å²) in [6.45, 7) is 2.17. The summed E-state index contributed by atoms with van der Waals surface area (Å²) in [5.41, 5.74) is 6.83. The number of unbranched alkanes of at least 4 members (excludes halogenated alkanes) is 1. The molecule has 0 heterocycles. The van der Waals surface area contributed by atoms with Crippen LogP contribution in [-0.4, -0.2) is 19.1 Å². The maximum absolute atomic E-state index is 11.4. The molecule has 0 spiro atoms. The number of rotatable bonds is 4. The molecule has 0 unspecified atom stereocenters. The van der Waals surface area contributed by atoms with Crippen LogP contribution in [0.25, 0.3) is 0 Å². The molecule has 3 heteroatoms. The standard InChI is InChI=1S/C12H21NO2/c1-3-4-5-9-8-10(12(14)15-2)6-7-11(9)13/h8-9,11H,3-7,13H2,1-2H3/t9-,11-/m1/s1. The summed E-state index contributed by atoms with van der Waals surface area (Å²) in [6, 6.07) is 0.213. The molecule has 0 amide bonds. The van der Waals surface area contributed by atoms with Crippen LogP contribution in [0.15, 0.2) is 11.6 Å². The summed E-state index contributed by atoms with van der Waals surface area (Å²) in [4.78, 5) is 11.4. The molecule has 0 radical (unpaired) electrons. The van der Waals surface area contributed by atoms with Gasteiger partial charge in [0, 0.05) is 11.6 Å². The van der Waals surface area contributed by atoms with Crippen molar-refractivity contribution >= 4 is 5.97 Å². The van der Waals surface area contributed by atoms with Crippen molar-refractivity contribution in [3.63, 3.8) is 0 Å². The van der Waals surface area contributed by atoms with Crippen LogP contribution in [0.3, 0.4) is 0 Å². The Morgan fingerprint density at radius 2 is 2.40 bits per heavy atom. The fraction of sp³-hybridized carbons (Fsp3) is 0.750. The van der Waals surface area contributed by atoms with E-state index in [1.165, 1.54) is 20.0 Å². The minimum atomic E-state index is -0.191. The van der Waals surface area contributed by atoms with Gasteiger partial charge < -0.3 is 10.5 Å². The molecule has 0 aromatic heterocycles. The zero-order chi connectivity index (χ0) is 11.3. The summed E-state index contributed by atoms with van der Waals surface area (Å²) in [7, 11) is 1.43. The van der Waals surface area contributed by atoms with E-state index in [4.69, 9.17) is 10.5 Å².